The third-order valence-electron chi connectivity index (χ3n) is 4.14. The van der Waals surface area contributed by atoms with E-state index in [0.29, 0.717) is 6.04 Å². The fourth-order valence-corrected chi connectivity index (χ4v) is 2.44. The average Bonchev–Trinajstić information content (AvgIpc) is 2.41. The number of hydrogen-bond acceptors (Lipinski definition) is 2. The van der Waals surface area contributed by atoms with Gasteiger partial charge in [0.25, 0.3) is 0 Å². The fourth-order valence-electron chi connectivity index (χ4n) is 2.44. The molecule has 0 bridgehead atoms. The molecule has 2 heteroatoms. The number of methoxy groups -OCH3 is 1. The van der Waals surface area contributed by atoms with Crippen molar-refractivity contribution in [1.82, 2.24) is 5.32 Å². The van der Waals surface area contributed by atoms with Crippen molar-refractivity contribution in [3.63, 3.8) is 0 Å². The molecule has 0 heterocycles. The standard InChI is InChI=1S/C17H37NO/c1-5-6-7-8-9-10-11-12-13-16(2)17(3)18-14-15-19-4/h16-18H,5-15H2,1-4H3. The monoisotopic (exact) mass is 271 g/mol. The minimum Gasteiger partial charge on any atom is -0.383 e. The van der Waals surface area contributed by atoms with Gasteiger partial charge in [-0.1, -0.05) is 65.2 Å². The van der Waals surface area contributed by atoms with Crippen molar-refractivity contribution in [3.8, 4) is 0 Å². The second kappa shape index (κ2) is 14.3. The van der Waals surface area contributed by atoms with Crippen LogP contribution in [0.4, 0.5) is 0 Å². The average molecular weight is 271 g/mol. The molecule has 0 amide bonds. The van der Waals surface area contributed by atoms with E-state index in [1.54, 1.807) is 7.11 Å². The smallest absolute Gasteiger partial charge is 0.0587 e. The van der Waals surface area contributed by atoms with Crippen molar-refractivity contribution in [1.29, 1.82) is 0 Å². The maximum absolute atomic E-state index is 5.06. The molecule has 0 fully saturated rings. The molecule has 0 saturated carbocycles. The molecule has 19 heavy (non-hydrogen) atoms. The van der Waals surface area contributed by atoms with Crippen LogP contribution in [0.2, 0.25) is 0 Å². The summed E-state index contributed by atoms with van der Waals surface area (Å²) in [6.07, 6.45) is 12.7. The third-order valence-corrected chi connectivity index (χ3v) is 4.14. The highest BCUT2D eigenvalue weighted by Crippen LogP contribution is 2.15. The van der Waals surface area contributed by atoms with Crippen molar-refractivity contribution in [2.24, 2.45) is 5.92 Å². The normalized spacial score (nSPS) is 14.5. The maximum atomic E-state index is 5.06. The van der Waals surface area contributed by atoms with Crippen LogP contribution in [-0.4, -0.2) is 26.3 Å². The first-order chi connectivity index (χ1) is 9.22. The topological polar surface area (TPSA) is 21.3 Å². The molecule has 0 aromatic carbocycles. The van der Waals surface area contributed by atoms with Gasteiger partial charge in [0.2, 0.25) is 0 Å². The van der Waals surface area contributed by atoms with Crippen LogP contribution in [0.15, 0.2) is 0 Å². The zero-order valence-electron chi connectivity index (χ0n) is 13.8. The van der Waals surface area contributed by atoms with Gasteiger partial charge in [-0.2, -0.15) is 0 Å². The molecule has 0 aliphatic carbocycles. The Morgan fingerprint density at radius 3 is 2.05 bits per heavy atom. The summed E-state index contributed by atoms with van der Waals surface area (Å²) in [5.74, 6) is 0.775. The second-order valence-electron chi connectivity index (χ2n) is 5.98. The highest BCUT2D eigenvalue weighted by Gasteiger charge is 2.10. The Kier molecular flexibility index (Phi) is 14.3. The van der Waals surface area contributed by atoms with Gasteiger partial charge in [-0.25, -0.2) is 0 Å². The molecule has 0 radical (unpaired) electrons. The van der Waals surface area contributed by atoms with E-state index in [9.17, 15) is 0 Å². The van der Waals surface area contributed by atoms with E-state index in [1.807, 2.05) is 0 Å². The molecule has 2 unspecified atom stereocenters. The van der Waals surface area contributed by atoms with Crippen LogP contribution in [0.5, 0.6) is 0 Å². The van der Waals surface area contributed by atoms with Crippen LogP contribution in [0.25, 0.3) is 0 Å². The summed E-state index contributed by atoms with van der Waals surface area (Å²) in [7, 11) is 1.76. The van der Waals surface area contributed by atoms with Crippen LogP contribution < -0.4 is 5.32 Å². The zero-order chi connectivity index (χ0) is 14.3. The predicted molar refractivity (Wildman–Crippen MR) is 85.7 cm³/mol. The molecular formula is C17H37NO. The number of hydrogen-bond donors (Lipinski definition) is 1. The lowest BCUT2D eigenvalue weighted by atomic mass is 9.96. The van der Waals surface area contributed by atoms with Crippen molar-refractivity contribution < 1.29 is 4.74 Å². The second-order valence-corrected chi connectivity index (χ2v) is 5.98. The lowest BCUT2D eigenvalue weighted by Crippen LogP contribution is -2.34. The van der Waals surface area contributed by atoms with Gasteiger partial charge in [0.15, 0.2) is 0 Å². The van der Waals surface area contributed by atoms with Gasteiger partial charge in [-0.05, 0) is 19.3 Å². The van der Waals surface area contributed by atoms with E-state index in [4.69, 9.17) is 4.74 Å². The molecule has 116 valence electrons. The number of rotatable bonds is 14. The van der Waals surface area contributed by atoms with Crippen LogP contribution in [0.3, 0.4) is 0 Å². The first kappa shape index (κ1) is 18.9. The summed E-state index contributed by atoms with van der Waals surface area (Å²) in [6, 6.07) is 0.611. The summed E-state index contributed by atoms with van der Waals surface area (Å²) in [6.45, 7) is 8.73. The molecule has 0 aliphatic rings. The van der Waals surface area contributed by atoms with Gasteiger partial charge >= 0.3 is 0 Å². The summed E-state index contributed by atoms with van der Waals surface area (Å²) in [5, 5.41) is 3.53. The Balaban J connectivity index is 3.29. The largest absolute Gasteiger partial charge is 0.383 e. The van der Waals surface area contributed by atoms with Crippen LogP contribution in [0.1, 0.15) is 78.6 Å². The summed E-state index contributed by atoms with van der Waals surface area (Å²) >= 11 is 0. The van der Waals surface area contributed by atoms with Gasteiger partial charge < -0.3 is 10.1 Å². The SMILES string of the molecule is CCCCCCCCCCC(C)C(C)NCCOC. The molecule has 0 aromatic heterocycles. The maximum Gasteiger partial charge on any atom is 0.0587 e. The molecule has 2 nitrogen and oxygen atoms in total. The summed E-state index contributed by atoms with van der Waals surface area (Å²) in [4.78, 5) is 0. The number of nitrogens with one attached hydrogen (secondary N) is 1. The van der Waals surface area contributed by atoms with E-state index in [1.165, 1.54) is 57.8 Å². The van der Waals surface area contributed by atoms with Crippen LogP contribution in [0, 0.1) is 5.92 Å². The lowest BCUT2D eigenvalue weighted by Gasteiger charge is -2.21. The van der Waals surface area contributed by atoms with Crippen molar-refractivity contribution >= 4 is 0 Å². The first-order valence-corrected chi connectivity index (χ1v) is 8.44. The van der Waals surface area contributed by atoms with Gasteiger partial charge in [0.05, 0.1) is 6.61 Å². The first-order valence-electron chi connectivity index (χ1n) is 8.44. The summed E-state index contributed by atoms with van der Waals surface area (Å²) < 4.78 is 5.06. The molecule has 1 N–H and O–H groups in total. The van der Waals surface area contributed by atoms with Crippen LogP contribution >= 0.6 is 0 Å². The minimum atomic E-state index is 0.611. The molecular weight excluding hydrogens is 234 g/mol. The van der Waals surface area contributed by atoms with Crippen molar-refractivity contribution in [2.45, 2.75) is 84.6 Å². The van der Waals surface area contributed by atoms with Crippen molar-refractivity contribution in [2.75, 3.05) is 20.3 Å². The summed E-state index contributed by atoms with van der Waals surface area (Å²) in [5.41, 5.74) is 0. The Morgan fingerprint density at radius 2 is 1.47 bits per heavy atom. The predicted octanol–water partition coefficient (Wildman–Crippen LogP) is 4.78. The lowest BCUT2D eigenvalue weighted by molar-refractivity contribution is 0.192. The van der Waals surface area contributed by atoms with Gasteiger partial charge in [0.1, 0.15) is 0 Å². The van der Waals surface area contributed by atoms with E-state index in [0.717, 1.165) is 19.1 Å². The molecule has 0 aromatic rings. The van der Waals surface area contributed by atoms with Crippen LogP contribution in [-0.2, 0) is 4.74 Å². The minimum absolute atomic E-state index is 0.611. The molecule has 0 aliphatic heterocycles. The Morgan fingerprint density at radius 1 is 0.895 bits per heavy atom. The van der Waals surface area contributed by atoms with E-state index in [2.05, 4.69) is 26.1 Å². The Hall–Kier alpha value is -0.0800. The fraction of sp³-hybridized carbons (Fsp3) is 1.00. The molecule has 0 spiro atoms. The van der Waals surface area contributed by atoms with Crippen molar-refractivity contribution in [3.05, 3.63) is 0 Å². The quantitative estimate of drug-likeness (QED) is 0.459. The number of ether oxygens (including phenoxy) is 1. The zero-order valence-corrected chi connectivity index (χ0v) is 13.8. The van der Waals surface area contributed by atoms with E-state index in [-0.39, 0.29) is 0 Å². The molecule has 2 atom stereocenters. The molecule has 0 saturated heterocycles. The number of unbranched alkanes of at least 4 members (excludes halogenated alkanes) is 7. The Bertz CT molecular complexity index is 173. The van der Waals surface area contributed by atoms with Gasteiger partial charge in [0, 0.05) is 19.7 Å². The van der Waals surface area contributed by atoms with E-state index < -0.39 is 0 Å². The molecule has 0 rings (SSSR count). The Labute approximate surface area is 121 Å². The van der Waals surface area contributed by atoms with E-state index >= 15 is 0 Å². The van der Waals surface area contributed by atoms with Gasteiger partial charge in [-0.15, -0.1) is 0 Å². The third kappa shape index (κ3) is 12.7. The van der Waals surface area contributed by atoms with Gasteiger partial charge in [-0.3, -0.25) is 0 Å². The highest BCUT2D eigenvalue weighted by atomic mass is 16.5. The highest BCUT2D eigenvalue weighted by molar-refractivity contribution is 4.68.